The minimum absolute atomic E-state index is 0.0627. The fraction of sp³-hybridized carbons (Fsp3) is 0.667. The Morgan fingerprint density at radius 3 is 2.83 bits per heavy atom. The maximum Gasteiger partial charge on any atom is 0.305 e. The maximum absolute atomic E-state index is 12.0. The van der Waals surface area contributed by atoms with Crippen molar-refractivity contribution in [3.63, 3.8) is 0 Å². The molecule has 0 bridgehead atoms. The van der Waals surface area contributed by atoms with E-state index in [1.807, 2.05) is 0 Å². The molecule has 1 aliphatic rings. The molecule has 6 heteroatoms. The molecule has 2 N–H and O–H groups in total. The lowest BCUT2D eigenvalue weighted by atomic mass is 9.94. The summed E-state index contributed by atoms with van der Waals surface area (Å²) in [6, 6.07) is 0. The van der Waals surface area contributed by atoms with Gasteiger partial charge < -0.3 is 15.2 Å². The summed E-state index contributed by atoms with van der Waals surface area (Å²) in [5.74, 6) is 0.652. The van der Waals surface area contributed by atoms with E-state index >= 15 is 0 Å². The molecule has 0 atom stereocenters. The summed E-state index contributed by atoms with van der Waals surface area (Å²) < 4.78 is 0. The summed E-state index contributed by atoms with van der Waals surface area (Å²) in [4.78, 5) is 27.5. The summed E-state index contributed by atoms with van der Waals surface area (Å²) in [6.07, 6.45) is 4.93. The predicted octanol–water partition coefficient (Wildman–Crippen LogP) is 0.898. The molecule has 2 heterocycles. The molecule has 5 nitrogen and oxygen atoms in total. The molecule has 18 heavy (non-hydrogen) atoms. The number of carbonyl (C=O) groups is 1. The number of H-pyrrole nitrogens is 1. The molecule has 0 aliphatic carbocycles. The lowest BCUT2D eigenvalue weighted by Crippen LogP contribution is -2.32. The lowest BCUT2D eigenvalue weighted by molar-refractivity contribution is 0.0789. The van der Waals surface area contributed by atoms with Crippen molar-refractivity contribution in [3.05, 3.63) is 20.7 Å². The first-order valence-electron chi connectivity index (χ1n) is 6.31. The van der Waals surface area contributed by atoms with Crippen LogP contribution >= 0.6 is 11.3 Å². The highest BCUT2D eigenvalue weighted by Gasteiger charge is 2.17. The largest absolute Gasteiger partial charge is 0.341 e. The Morgan fingerprint density at radius 1 is 1.50 bits per heavy atom. The fourth-order valence-electron chi connectivity index (χ4n) is 2.22. The van der Waals surface area contributed by atoms with Crippen molar-refractivity contribution in [2.75, 3.05) is 26.7 Å². The number of piperidine rings is 1. The van der Waals surface area contributed by atoms with Crippen molar-refractivity contribution in [1.82, 2.24) is 15.2 Å². The Labute approximate surface area is 110 Å². The number of amides is 1. The second-order valence-corrected chi connectivity index (χ2v) is 5.77. The van der Waals surface area contributed by atoms with Gasteiger partial charge in [-0.1, -0.05) is 11.3 Å². The summed E-state index contributed by atoms with van der Waals surface area (Å²) in [7, 11) is 1.80. The van der Waals surface area contributed by atoms with E-state index in [1.165, 1.54) is 19.0 Å². The number of hydrogen-bond donors (Lipinski definition) is 2. The van der Waals surface area contributed by atoms with Crippen LogP contribution in [0.2, 0.25) is 0 Å². The van der Waals surface area contributed by atoms with Crippen molar-refractivity contribution in [2.45, 2.75) is 19.3 Å². The van der Waals surface area contributed by atoms with Crippen LogP contribution in [0.25, 0.3) is 0 Å². The van der Waals surface area contributed by atoms with E-state index in [-0.39, 0.29) is 10.8 Å². The normalized spacial score (nSPS) is 16.7. The standard InChI is InChI=1S/C12H19N3O2S/c1-15(7-4-9-2-5-13-6-3-9)11(16)10-8-14-12(17)18-10/h8-9,13H,2-7H2,1H3,(H,14,17). The second kappa shape index (κ2) is 6.15. The number of rotatable bonds is 4. The molecule has 0 unspecified atom stereocenters. The van der Waals surface area contributed by atoms with E-state index in [4.69, 9.17) is 0 Å². The summed E-state index contributed by atoms with van der Waals surface area (Å²) >= 11 is 0.973. The Morgan fingerprint density at radius 2 is 2.22 bits per heavy atom. The van der Waals surface area contributed by atoms with Gasteiger partial charge in [0.05, 0.1) is 0 Å². The van der Waals surface area contributed by atoms with E-state index < -0.39 is 0 Å². The number of hydrogen-bond acceptors (Lipinski definition) is 4. The Bertz CT molecular complexity index is 448. The van der Waals surface area contributed by atoms with Crippen LogP contribution in [0.15, 0.2) is 11.0 Å². The molecule has 1 aromatic heterocycles. The van der Waals surface area contributed by atoms with Gasteiger partial charge in [-0.3, -0.25) is 9.59 Å². The van der Waals surface area contributed by atoms with Crippen molar-refractivity contribution in [2.24, 2.45) is 5.92 Å². The highest BCUT2D eigenvalue weighted by molar-refractivity contribution is 7.11. The van der Waals surface area contributed by atoms with Gasteiger partial charge in [-0.15, -0.1) is 0 Å². The molecule has 1 saturated heterocycles. The van der Waals surface area contributed by atoms with Gasteiger partial charge in [0, 0.05) is 19.8 Å². The minimum Gasteiger partial charge on any atom is -0.341 e. The third-order valence-corrected chi connectivity index (χ3v) is 4.23. The first-order valence-corrected chi connectivity index (χ1v) is 7.13. The predicted molar refractivity (Wildman–Crippen MR) is 72.1 cm³/mol. The van der Waals surface area contributed by atoms with Crippen LogP contribution in [-0.4, -0.2) is 42.5 Å². The molecule has 2 rings (SSSR count). The quantitative estimate of drug-likeness (QED) is 0.853. The van der Waals surface area contributed by atoms with Gasteiger partial charge in [-0.25, -0.2) is 0 Å². The molecule has 0 radical (unpaired) electrons. The van der Waals surface area contributed by atoms with Crippen LogP contribution in [0.5, 0.6) is 0 Å². The number of nitrogens with one attached hydrogen (secondary N) is 2. The summed E-state index contributed by atoms with van der Waals surface area (Å²) in [6.45, 7) is 2.93. The van der Waals surface area contributed by atoms with Crippen LogP contribution in [0, 0.1) is 5.92 Å². The third-order valence-electron chi connectivity index (χ3n) is 3.41. The van der Waals surface area contributed by atoms with Gasteiger partial charge >= 0.3 is 4.87 Å². The van der Waals surface area contributed by atoms with Gasteiger partial charge in [0.1, 0.15) is 4.88 Å². The first-order chi connectivity index (χ1) is 8.66. The number of aromatic amines is 1. The second-order valence-electron chi connectivity index (χ2n) is 4.75. The average Bonchev–Trinajstić information content (AvgIpc) is 2.83. The zero-order valence-corrected chi connectivity index (χ0v) is 11.4. The van der Waals surface area contributed by atoms with Gasteiger partial charge in [0.15, 0.2) is 0 Å². The molecular formula is C12H19N3O2S. The topological polar surface area (TPSA) is 65.2 Å². The highest BCUT2D eigenvalue weighted by atomic mass is 32.1. The van der Waals surface area contributed by atoms with Crippen molar-refractivity contribution in [1.29, 1.82) is 0 Å². The van der Waals surface area contributed by atoms with E-state index in [2.05, 4.69) is 10.3 Å². The molecule has 0 spiro atoms. The fourth-order valence-corrected chi connectivity index (χ4v) is 2.90. The highest BCUT2D eigenvalue weighted by Crippen LogP contribution is 2.16. The Kier molecular flexibility index (Phi) is 4.54. The molecular weight excluding hydrogens is 250 g/mol. The lowest BCUT2D eigenvalue weighted by Gasteiger charge is -2.25. The molecule has 0 saturated carbocycles. The van der Waals surface area contributed by atoms with E-state index in [0.717, 1.165) is 37.4 Å². The van der Waals surface area contributed by atoms with Crippen LogP contribution in [0.3, 0.4) is 0 Å². The monoisotopic (exact) mass is 269 g/mol. The van der Waals surface area contributed by atoms with Crippen LogP contribution in [-0.2, 0) is 0 Å². The number of aromatic nitrogens is 1. The Balaban J connectivity index is 1.82. The average molecular weight is 269 g/mol. The number of nitrogens with zero attached hydrogens (tertiary/aromatic N) is 1. The first kappa shape index (κ1) is 13.3. The van der Waals surface area contributed by atoms with E-state index in [0.29, 0.717) is 10.8 Å². The van der Waals surface area contributed by atoms with Gasteiger partial charge in [0.2, 0.25) is 0 Å². The number of thiazole rings is 1. The number of carbonyl (C=O) groups excluding carboxylic acids is 1. The summed E-state index contributed by atoms with van der Waals surface area (Å²) in [5.41, 5.74) is 0. The molecule has 1 fully saturated rings. The van der Waals surface area contributed by atoms with E-state index in [9.17, 15) is 9.59 Å². The zero-order valence-electron chi connectivity index (χ0n) is 10.6. The zero-order chi connectivity index (χ0) is 13.0. The van der Waals surface area contributed by atoms with Crippen LogP contribution in [0.1, 0.15) is 28.9 Å². The SMILES string of the molecule is CN(CCC1CCNCC1)C(=O)c1c[nH]c(=O)s1. The van der Waals surface area contributed by atoms with Crippen LogP contribution in [0.4, 0.5) is 0 Å². The Hall–Kier alpha value is -1.14. The maximum atomic E-state index is 12.0. The minimum atomic E-state index is -0.176. The van der Waals surface area contributed by atoms with Crippen molar-refractivity contribution >= 4 is 17.2 Å². The van der Waals surface area contributed by atoms with Gasteiger partial charge in [-0.2, -0.15) is 0 Å². The molecule has 100 valence electrons. The summed E-state index contributed by atoms with van der Waals surface area (Å²) in [5, 5.41) is 3.34. The smallest absolute Gasteiger partial charge is 0.305 e. The van der Waals surface area contributed by atoms with Crippen LogP contribution < -0.4 is 10.2 Å². The van der Waals surface area contributed by atoms with Crippen molar-refractivity contribution < 1.29 is 4.79 Å². The van der Waals surface area contributed by atoms with Crippen molar-refractivity contribution in [3.8, 4) is 0 Å². The molecule has 0 aromatic carbocycles. The molecule has 1 amide bonds. The molecule has 1 aromatic rings. The third kappa shape index (κ3) is 3.43. The van der Waals surface area contributed by atoms with E-state index in [1.54, 1.807) is 11.9 Å². The molecule has 1 aliphatic heterocycles. The van der Waals surface area contributed by atoms with Gasteiger partial charge in [-0.05, 0) is 38.3 Å². The van der Waals surface area contributed by atoms with Gasteiger partial charge in [0.25, 0.3) is 5.91 Å².